The lowest BCUT2D eigenvalue weighted by molar-refractivity contribution is -0.00648. The Morgan fingerprint density at radius 1 is 1.18 bits per heavy atom. The lowest BCUT2D eigenvalue weighted by Gasteiger charge is -2.17. The van der Waals surface area contributed by atoms with Gasteiger partial charge in [0.05, 0.1) is 12.2 Å². The highest BCUT2D eigenvalue weighted by molar-refractivity contribution is 4.64. The Morgan fingerprint density at radius 3 is 2.09 bits per heavy atom. The Hall–Kier alpha value is -0.0800. The molecule has 0 heterocycles. The summed E-state index contributed by atoms with van der Waals surface area (Å²) in [5, 5.41) is 9.44. The van der Waals surface area contributed by atoms with Crippen molar-refractivity contribution in [1.29, 1.82) is 0 Å². The molecule has 0 bridgehead atoms. The van der Waals surface area contributed by atoms with E-state index in [0.717, 1.165) is 12.8 Å². The maximum atomic E-state index is 9.44. The molecule has 0 aliphatic heterocycles. The molecule has 2 atom stereocenters. The first kappa shape index (κ1) is 10.9. The molecular formula is C9H20O2. The normalized spacial score (nSPS) is 16.9. The molecule has 11 heavy (non-hydrogen) atoms. The van der Waals surface area contributed by atoms with Gasteiger partial charge in [0.1, 0.15) is 0 Å². The predicted octanol–water partition coefficient (Wildman–Crippen LogP) is 1.82. The van der Waals surface area contributed by atoms with Gasteiger partial charge in [0, 0.05) is 7.11 Å². The van der Waals surface area contributed by atoms with Gasteiger partial charge in [-0.3, -0.25) is 0 Å². The first-order valence-corrected chi connectivity index (χ1v) is 4.28. The first-order valence-electron chi connectivity index (χ1n) is 4.28. The smallest absolute Gasteiger partial charge is 0.0802 e. The molecule has 0 rings (SSSR count). The molecular weight excluding hydrogens is 140 g/mol. The van der Waals surface area contributed by atoms with E-state index in [4.69, 9.17) is 4.74 Å². The summed E-state index contributed by atoms with van der Waals surface area (Å²) in [6, 6.07) is 0. The quantitative estimate of drug-likeness (QED) is 0.664. The molecule has 0 fully saturated rings. The van der Waals surface area contributed by atoms with Crippen LogP contribution in [-0.2, 0) is 4.74 Å². The number of methoxy groups -OCH3 is 1. The average molecular weight is 160 g/mol. The summed E-state index contributed by atoms with van der Waals surface area (Å²) in [5.74, 6) is 0.661. The summed E-state index contributed by atoms with van der Waals surface area (Å²) in [6.45, 7) is 6.21. The van der Waals surface area contributed by atoms with Crippen molar-refractivity contribution in [3.63, 3.8) is 0 Å². The molecule has 68 valence electrons. The first-order chi connectivity index (χ1) is 5.07. The molecule has 2 heteroatoms. The predicted molar refractivity (Wildman–Crippen MR) is 46.5 cm³/mol. The lowest BCUT2D eigenvalue weighted by atomic mass is 10.0. The SMILES string of the molecule is COC(C)C(O)CCC(C)C. The highest BCUT2D eigenvalue weighted by atomic mass is 16.5. The van der Waals surface area contributed by atoms with Crippen LogP contribution in [-0.4, -0.2) is 24.4 Å². The van der Waals surface area contributed by atoms with E-state index in [9.17, 15) is 5.11 Å². The van der Waals surface area contributed by atoms with Crippen LogP contribution in [0.15, 0.2) is 0 Å². The summed E-state index contributed by atoms with van der Waals surface area (Å²) in [4.78, 5) is 0. The van der Waals surface area contributed by atoms with Crippen molar-refractivity contribution in [1.82, 2.24) is 0 Å². The van der Waals surface area contributed by atoms with Crippen LogP contribution in [0.3, 0.4) is 0 Å². The molecule has 2 unspecified atom stereocenters. The number of hydrogen-bond acceptors (Lipinski definition) is 2. The van der Waals surface area contributed by atoms with E-state index in [0.29, 0.717) is 5.92 Å². The van der Waals surface area contributed by atoms with Gasteiger partial charge >= 0.3 is 0 Å². The van der Waals surface area contributed by atoms with Gasteiger partial charge in [-0.2, -0.15) is 0 Å². The van der Waals surface area contributed by atoms with E-state index in [1.807, 2.05) is 6.92 Å². The highest BCUT2D eigenvalue weighted by Gasteiger charge is 2.12. The topological polar surface area (TPSA) is 29.5 Å². The van der Waals surface area contributed by atoms with Crippen molar-refractivity contribution in [2.24, 2.45) is 5.92 Å². The lowest BCUT2D eigenvalue weighted by Crippen LogP contribution is -2.24. The van der Waals surface area contributed by atoms with E-state index < -0.39 is 0 Å². The molecule has 0 saturated heterocycles. The Balaban J connectivity index is 3.43. The van der Waals surface area contributed by atoms with Gasteiger partial charge in [0.2, 0.25) is 0 Å². The van der Waals surface area contributed by atoms with Crippen LogP contribution in [0.1, 0.15) is 33.6 Å². The average Bonchev–Trinajstić information content (AvgIpc) is 1.98. The van der Waals surface area contributed by atoms with E-state index in [1.54, 1.807) is 7.11 Å². The fourth-order valence-electron chi connectivity index (χ4n) is 0.896. The second-order valence-corrected chi connectivity index (χ2v) is 3.48. The Kier molecular flexibility index (Phi) is 5.51. The molecule has 0 aromatic carbocycles. The minimum absolute atomic E-state index is 0.0336. The van der Waals surface area contributed by atoms with Crippen molar-refractivity contribution < 1.29 is 9.84 Å². The van der Waals surface area contributed by atoms with Crippen molar-refractivity contribution >= 4 is 0 Å². The molecule has 1 N–H and O–H groups in total. The summed E-state index contributed by atoms with van der Waals surface area (Å²) < 4.78 is 4.99. The molecule has 2 nitrogen and oxygen atoms in total. The Morgan fingerprint density at radius 2 is 1.73 bits per heavy atom. The largest absolute Gasteiger partial charge is 0.390 e. The van der Waals surface area contributed by atoms with Gasteiger partial charge in [0.15, 0.2) is 0 Å². The fourth-order valence-corrected chi connectivity index (χ4v) is 0.896. The zero-order chi connectivity index (χ0) is 8.85. The number of aliphatic hydroxyl groups is 1. The van der Waals surface area contributed by atoms with Crippen LogP contribution < -0.4 is 0 Å². The molecule has 0 saturated carbocycles. The summed E-state index contributed by atoms with van der Waals surface area (Å²) in [7, 11) is 1.63. The van der Waals surface area contributed by atoms with Gasteiger partial charge in [-0.15, -0.1) is 0 Å². The molecule has 0 spiro atoms. The minimum atomic E-state index is -0.303. The third kappa shape index (κ3) is 5.22. The highest BCUT2D eigenvalue weighted by Crippen LogP contribution is 2.10. The fraction of sp³-hybridized carbons (Fsp3) is 1.00. The second-order valence-electron chi connectivity index (χ2n) is 3.48. The zero-order valence-electron chi connectivity index (χ0n) is 8.00. The van der Waals surface area contributed by atoms with E-state index in [1.165, 1.54) is 0 Å². The van der Waals surface area contributed by atoms with Gasteiger partial charge < -0.3 is 9.84 Å². The van der Waals surface area contributed by atoms with Gasteiger partial charge in [-0.1, -0.05) is 13.8 Å². The van der Waals surface area contributed by atoms with Crippen molar-refractivity contribution in [2.45, 2.75) is 45.8 Å². The van der Waals surface area contributed by atoms with Crippen LogP contribution >= 0.6 is 0 Å². The van der Waals surface area contributed by atoms with E-state index >= 15 is 0 Å². The monoisotopic (exact) mass is 160 g/mol. The third-order valence-electron chi connectivity index (χ3n) is 1.95. The summed E-state index contributed by atoms with van der Waals surface area (Å²) in [6.07, 6.45) is 1.57. The molecule has 0 aromatic heterocycles. The second kappa shape index (κ2) is 5.56. The van der Waals surface area contributed by atoms with Gasteiger partial charge in [-0.05, 0) is 25.7 Å². The number of ether oxygens (including phenoxy) is 1. The van der Waals surface area contributed by atoms with Crippen LogP contribution in [0, 0.1) is 5.92 Å². The van der Waals surface area contributed by atoms with Crippen molar-refractivity contribution in [3.8, 4) is 0 Å². The van der Waals surface area contributed by atoms with Gasteiger partial charge in [0.25, 0.3) is 0 Å². The van der Waals surface area contributed by atoms with E-state index in [-0.39, 0.29) is 12.2 Å². The summed E-state index contributed by atoms with van der Waals surface area (Å²) in [5.41, 5.74) is 0. The van der Waals surface area contributed by atoms with Crippen LogP contribution in [0.5, 0.6) is 0 Å². The molecule has 0 aliphatic carbocycles. The van der Waals surface area contributed by atoms with Crippen LogP contribution in [0.4, 0.5) is 0 Å². The summed E-state index contributed by atoms with van der Waals surface area (Å²) >= 11 is 0. The maximum absolute atomic E-state index is 9.44. The Labute approximate surface area is 69.6 Å². The van der Waals surface area contributed by atoms with Crippen LogP contribution in [0.25, 0.3) is 0 Å². The standard InChI is InChI=1S/C9H20O2/c1-7(2)5-6-9(10)8(3)11-4/h7-10H,5-6H2,1-4H3. The van der Waals surface area contributed by atoms with Gasteiger partial charge in [-0.25, -0.2) is 0 Å². The molecule has 0 radical (unpaired) electrons. The Bertz CT molecular complexity index is 91.6. The molecule has 0 aromatic rings. The number of rotatable bonds is 5. The third-order valence-corrected chi connectivity index (χ3v) is 1.95. The molecule has 0 amide bonds. The minimum Gasteiger partial charge on any atom is -0.390 e. The number of hydrogen-bond donors (Lipinski definition) is 1. The maximum Gasteiger partial charge on any atom is 0.0802 e. The van der Waals surface area contributed by atoms with Crippen molar-refractivity contribution in [2.75, 3.05) is 7.11 Å². The van der Waals surface area contributed by atoms with Crippen LogP contribution in [0.2, 0.25) is 0 Å². The number of aliphatic hydroxyl groups excluding tert-OH is 1. The molecule has 0 aliphatic rings. The van der Waals surface area contributed by atoms with Crippen molar-refractivity contribution in [3.05, 3.63) is 0 Å². The zero-order valence-corrected chi connectivity index (χ0v) is 8.00. The van der Waals surface area contributed by atoms with E-state index in [2.05, 4.69) is 13.8 Å².